The summed E-state index contributed by atoms with van der Waals surface area (Å²) in [5.41, 5.74) is -0.640. The van der Waals surface area contributed by atoms with Crippen molar-refractivity contribution >= 4 is 17.5 Å². The summed E-state index contributed by atoms with van der Waals surface area (Å²) < 4.78 is 57.5. The van der Waals surface area contributed by atoms with Crippen molar-refractivity contribution in [1.29, 1.82) is 0 Å². The van der Waals surface area contributed by atoms with Gasteiger partial charge in [0.05, 0.1) is 19.3 Å². The largest absolute Gasteiger partial charge is 0.494 e. The lowest BCUT2D eigenvalue weighted by Gasteiger charge is -2.09. The second-order valence-electron chi connectivity index (χ2n) is 4.80. The van der Waals surface area contributed by atoms with Crippen LogP contribution in [-0.4, -0.2) is 25.5 Å². The van der Waals surface area contributed by atoms with Gasteiger partial charge in [-0.2, -0.15) is 0 Å². The second kappa shape index (κ2) is 7.65. The van der Waals surface area contributed by atoms with Crippen molar-refractivity contribution in [2.24, 2.45) is 0 Å². The molecule has 0 aromatic heterocycles. The molecule has 132 valence electrons. The summed E-state index contributed by atoms with van der Waals surface area (Å²) >= 11 is 0. The molecule has 2 rings (SSSR count). The molecule has 2 aromatic rings. The van der Waals surface area contributed by atoms with Crippen LogP contribution in [0.3, 0.4) is 0 Å². The smallest absolute Gasteiger partial charge is 0.251 e. The lowest BCUT2D eigenvalue weighted by atomic mass is 10.2. The number of rotatable bonds is 5. The molecule has 0 fully saturated rings. The molecule has 0 aliphatic rings. The Morgan fingerprint density at radius 1 is 1.00 bits per heavy atom. The van der Waals surface area contributed by atoms with Gasteiger partial charge >= 0.3 is 0 Å². The summed E-state index contributed by atoms with van der Waals surface area (Å²) in [5, 5.41) is 4.17. The van der Waals surface area contributed by atoms with Crippen LogP contribution in [-0.2, 0) is 4.79 Å². The third-order valence-corrected chi connectivity index (χ3v) is 3.13. The normalized spacial score (nSPS) is 10.3. The van der Waals surface area contributed by atoms with Gasteiger partial charge in [0.25, 0.3) is 5.91 Å². The summed E-state index contributed by atoms with van der Waals surface area (Å²) in [7, 11) is 1.26. The minimum Gasteiger partial charge on any atom is -0.494 e. The highest BCUT2D eigenvalue weighted by atomic mass is 19.2. The molecule has 0 bridgehead atoms. The highest BCUT2D eigenvalue weighted by Gasteiger charge is 2.16. The van der Waals surface area contributed by atoms with Gasteiger partial charge in [0.15, 0.2) is 29.0 Å². The molecule has 25 heavy (non-hydrogen) atoms. The Balaban J connectivity index is 1.97. The van der Waals surface area contributed by atoms with Gasteiger partial charge in [0.2, 0.25) is 5.91 Å². The number of carbonyl (C=O) groups is 2. The molecule has 0 saturated carbocycles. The summed E-state index contributed by atoms with van der Waals surface area (Å²) in [6.45, 7) is -0.592. The molecule has 0 aliphatic carbocycles. The minimum absolute atomic E-state index is 0.0527. The molecule has 5 nitrogen and oxygen atoms in total. The number of hydrogen-bond acceptors (Lipinski definition) is 3. The molecule has 0 aliphatic heterocycles. The van der Waals surface area contributed by atoms with Crippen LogP contribution in [0.2, 0.25) is 0 Å². The Morgan fingerprint density at radius 2 is 1.72 bits per heavy atom. The van der Waals surface area contributed by atoms with Gasteiger partial charge in [-0.15, -0.1) is 0 Å². The van der Waals surface area contributed by atoms with Crippen molar-refractivity contribution in [3.8, 4) is 5.75 Å². The van der Waals surface area contributed by atoms with Crippen molar-refractivity contribution in [2.75, 3.05) is 19.0 Å². The van der Waals surface area contributed by atoms with E-state index in [2.05, 4.69) is 5.32 Å². The monoisotopic (exact) mass is 356 g/mol. The molecule has 0 spiro atoms. The van der Waals surface area contributed by atoms with Crippen molar-refractivity contribution < 1.29 is 31.9 Å². The van der Waals surface area contributed by atoms with E-state index in [4.69, 9.17) is 4.74 Å². The van der Waals surface area contributed by atoms with Gasteiger partial charge in [-0.25, -0.2) is 17.6 Å². The topological polar surface area (TPSA) is 67.4 Å². The van der Waals surface area contributed by atoms with Crippen LogP contribution in [0.4, 0.5) is 23.2 Å². The molecule has 2 aromatic carbocycles. The van der Waals surface area contributed by atoms with Gasteiger partial charge < -0.3 is 15.4 Å². The summed E-state index contributed by atoms with van der Waals surface area (Å²) in [5.74, 6) is -7.14. The molecule has 0 radical (unpaired) electrons. The van der Waals surface area contributed by atoms with Gasteiger partial charge in [0.1, 0.15) is 0 Å². The molecule has 0 saturated heterocycles. The SMILES string of the molecule is COc1ccc(C(=O)NCC(=O)Nc2ccc(F)c(F)c2F)cc1F. The summed E-state index contributed by atoms with van der Waals surface area (Å²) in [6.07, 6.45) is 0. The fraction of sp³-hybridized carbons (Fsp3) is 0.125. The number of halogens is 4. The number of anilines is 1. The third kappa shape index (κ3) is 4.25. The van der Waals surface area contributed by atoms with E-state index in [1.54, 1.807) is 0 Å². The first-order valence-electron chi connectivity index (χ1n) is 6.88. The number of ether oxygens (including phenoxy) is 1. The molecule has 2 amide bonds. The zero-order chi connectivity index (χ0) is 18.6. The predicted molar refractivity (Wildman–Crippen MR) is 80.2 cm³/mol. The highest BCUT2D eigenvalue weighted by molar-refractivity contribution is 5.99. The van der Waals surface area contributed by atoms with E-state index in [0.717, 1.165) is 12.1 Å². The Hall–Kier alpha value is -3.10. The molecule has 9 heteroatoms. The maximum atomic E-state index is 13.5. The van der Waals surface area contributed by atoms with E-state index < -0.39 is 47.3 Å². The van der Waals surface area contributed by atoms with Crippen molar-refractivity contribution in [3.05, 3.63) is 59.2 Å². The summed E-state index contributed by atoms with van der Waals surface area (Å²) in [4.78, 5) is 23.5. The first-order valence-corrected chi connectivity index (χ1v) is 6.88. The Bertz CT molecular complexity index is 827. The van der Waals surface area contributed by atoms with E-state index in [0.29, 0.717) is 6.07 Å². The zero-order valence-corrected chi connectivity index (χ0v) is 12.8. The number of amides is 2. The van der Waals surface area contributed by atoms with Gasteiger partial charge in [0, 0.05) is 5.56 Å². The number of nitrogens with one attached hydrogen (secondary N) is 2. The van der Waals surface area contributed by atoms with Crippen LogP contribution in [0.1, 0.15) is 10.4 Å². The maximum absolute atomic E-state index is 13.5. The van der Waals surface area contributed by atoms with Crippen LogP contribution < -0.4 is 15.4 Å². The average molecular weight is 356 g/mol. The van der Waals surface area contributed by atoms with Crippen LogP contribution >= 0.6 is 0 Å². The van der Waals surface area contributed by atoms with Crippen LogP contribution in [0.5, 0.6) is 5.75 Å². The van der Waals surface area contributed by atoms with Crippen molar-refractivity contribution in [1.82, 2.24) is 5.32 Å². The Kier molecular flexibility index (Phi) is 5.58. The first-order chi connectivity index (χ1) is 11.8. The molecule has 0 heterocycles. The number of benzene rings is 2. The predicted octanol–water partition coefficient (Wildman–Crippen LogP) is 2.62. The van der Waals surface area contributed by atoms with E-state index >= 15 is 0 Å². The number of methoxy groups -OCH3 is 1. The van der Waals surface area contributed by atoms with E-state index in [1.807, 2.05) is 5.32 Å². The third-order valence-electron chi connectivity index (χ3n) is 3.13. The molecular weight excluding hydrogens is 344 g/mol. The van der Waals surface area contributed by atoms with Gasteiger partial charge in [-0.1, -0.05) is 0 Å². The molecule has 0 unspecified atom stereocenters. The van der Waals surface area contributed by atoms with E-state index in [-0.39, 0.29) is 11.3 Å². The molecular formula is C16H12F4N2O3. The average Bonchev–Trinajstić information content (AvgIpc) is 2.60. The van der Waals surface area contributed by atoms with Crippen LogP contribution in [0.15, 0.2) is 30.3 Å². The van der Waals surface area contributed by atoms with E-state index in [1.165, 1.54) is 19.2 Å². The first kappa shape index (κ1) is 18.2. The zero-order valence-electron chi connectivity index (χ0n) is 12.8. The van der Waals surface area contributed by atoms with Crippen LogP contribution in [0, 0.1) is 23.3 Å². The maximum Gasteiger partial charge on any atom is 0.251 e. The lowest BCUT2D eigenvalue weighted by molar-refractivity contribution is -0.115. The second-order valence-corrected chi connectivity index (χ2v) is 4.80. The minimum atomic E-state index is -1.73. The molecule has 0 atom stereocenters. The standard InChI is InChI=1S/C16H12F4N2O3/c1-25-12-5-2-8(6-10(12)18)16(24)21-7-13(23)22-11-4-3-9(17)14(19)15(11)20/h2-6H,7H2,1H3,(H,21,24)(H,22,23). The lowest BCUT2D eigenvalue weighted by Crippen LogP contribution is -2.33. The summed E-state index contributed by atoms with van der Waals surface area (Å²) in [6, 6.07) is 4.92. The van der Waals surface area contributed by atoms with Gasteiger partial charge in [-0.05, 0) is 30.3 Å². The number of hydrogen-bond donors (Lipinski definition) is 2. The van der Waals surface area contributed by atoms with Gasteiger partial charge in [-0.3, -0.25) is 9.59 Å². The Morgan fingerprint density at radius 3 is 2.36 bits per heavy atom. The highest BCUT2D eigenvalue weighted by Crippen LogP contribution is 2.19. The van der Waals surface area contributed by atoms with Crippen molar-refractivity contribution in [2.45, 2.75) is 0 Å². The number of carbonyl (C=O) groups excluding carboxylic acids is 2. The fourth-order valence-corrected chi connectivity index (χ4v) is 1.89. The van der Waals surface area contributed by atoms with Crippen molar-refractivity contribution in [3.63, 3.8) is 0 Å². The Labute approximate surface area is 139 Å². The van der Waals surface area contributed by atoms with E-state index in [9.17, 15) is 27.2 Å². The fourth-order valence-electron chi connectivity index (χ4n) is 1.89. The molecule has 2 N–H and O–H groups in total. The van der Waals surface area contributed by atoms with Crippen LogP contribution in [0.25, 0.3) is 0 Å². The quantitative estimate of drug-likeness (QED) is 0.639.